The first-order valence-electron chi connectivity index (χ1n) is 9.08. The lowest BCUT2D eigenvalue weighted by Gasteiger charge is -2.28. The van der Waals surface area contributed by atoms with E-state index >= 15 is 0 Å². The minimum atomic E-state index is -2.98. The average molecular weight is 386 g/mol. The van der Waals surface area contributed by atoms with Crippen LogP contribution in [0.3, 0.4) is 0 Å². The molecule has 3 heterocycles. The molecule has 0 saturated carbocycles. The summed E-state index contributed by atoms with van der Waals surface area (Å²) in [7, 11) is -2.98. The Morgan fingerprint density at radius 3 is 2.74 bits per heavy atom. The molecule has 142 valence electrons. The molecule has 7 nitrogen and oxygen atoms in total. The number of carbonyl (C=O) groups excluding carboxylic acids is 1. The number of nitrogens with zero attached hydrogens (tertiary/aromatic N) is 3. The Morgan fingerprint density at radius 1 is 1.22 bits per heavy atom. The summed E-state index contributed by atoms with van der Waals surface area (Å²) in [5.41, 5.74) is 2.79. The number of benzene rings is 1. The lowest BCUT2D eigenvalue weighted by molar-refractivity contribution is 0.0728. The van der Waals surface area contributed by atoms with Gasteiger partial charge in [0, 0.05) is 25.2 Å². The van der Waals surface area contributed by atoms with Gasteiger partial charge in [-0.2, -0.15) is 0 Å². The average Bonchev–Trinajstić information content (AvgIpc) is 2.98. The van der Waals surface area contributed by atoms with Gasteiger partial charge in [-0.3, -0.25) is 4.79 Å². The zero-order valence-electron chi connectivity index (χ0n) is 15.2. The van der Waals surface area contributed by atoms with Crippen LogP contribution in [-0.4, -0.2) is 53.3 Å². The van der Waals surface area contributed by atoms with Crippen molar-refractivity contribution < 1.29 is 13.2 Å². The Balaban J connectivity index is 1.52. The van der Waals surface area contributed by atoms with Crippen LogP contribution in [0.25, 0.3) is 0 Å². The molecular formula is C19H22N4O3S. The molecule has 0 aliphatic carbocycles. The van der Waals surface area contributed by atoms with Gasteiger partial charge in [0.05, 0.1) is 11.5 Å². The van der Waals surface area contributed by atoms with E-state index in [0.717, 1.165) is 12.0 Å². The summed E-state index contributed by atoms with van der Waals surface area (Å²) >= 11 is 0. The standard InChI is InChI=1S/C19H22N4O3S/c1-13-20-17(10-18(21-13)22-16-7-9-27(25,26)12-16)19(24)23-8-6-14-4-2-3-5-15(14)11-23/h2-5,10,16H,6-9,11-12H2,1H3,(H,20,21,22). The van der Waals surface area contributed by atoms with E-state index in [4.69, 9.17) is 0 Å². The second kappa shape index (κ2) is 6.92. The summed E-state index contributed by atoms with van der Waals surface area (Å²) in [4.78, 5) is 23.4. The van der Waals surface area contributed by atoms with Crippen LogP contribution < -0.4 is 5.32 Å². The minimum Gasteiger partial charge on any atom is -0.366 e. The van der Waals surface area contributed by atoms with Crippen LogP contribution in [0.2, 0.25) is 0 Å². The topological polar surface area (TPSA) is 92.3 Å². The quantitative estimate of drug-likeness (QED) is 0.861. The Kier molecular flexibility index (Phi) is 4.59. The van der Waals surface area contributed by atoms with Crippen LogP contribution in [0.4, 0.5) is 5.82 Å². The van der Waals surface area contributed by atoms with Crippen LogP contribution in [0.5, 0.6) is 0 Å². The fourth-order valence-corrected chi connectivity index (χ4v) is 5.37. The summed E-state index contributed by atoms with van der Waals surface area (Å²) < 4.78 is 23.3. The highest BCUT2D eigenvalue weighted by Crippen LogP contribution is 2.21. The van der Waals surface area contributed by atoms with Crippen molar-refractivity contribution in [3.05, 3.63) is 53.0 Å². The van der Waals surface area contributed by atoms with Crippen LogP contribution >= 0.6 is 0 Å². The van der Waals surface area contributed by atoms with Crippen molar-refractivity contribution in [3.63, 3.8) is 0 Å². The predicted molar refractivity (Wildman–Crippen MR) is 102 cm³/mol. The third kappa shape index (κ3) is 3.95. The van der Waals surface area contributed by atoms with Crippen molar-refractivity contribution in [2.45, 2.75) is 32.4 Å². The second-order valence-corrected chi connectivity index (χ2v) is 9.40. The molecule has 1 saturated heterocycles. The van der Waals surface area contributed by atoms with E-state index in [1.807, 2.05) is 18.2 Å². The normalized spacial score (nSPS) is 20.9. The van der Waals surface area contributed by atoms with E-state index in [0.29, 0.717) is 36.8 Å². The van der Waals surface area contributed by atoms with E-state index in [-0.39, 0.29) is 23.5 Å². The number of fused-ring (bicyclic) bond motifs is 1. The van der Waals surface area contributed by atoms with Gasteiger partial charge < -0.3 is 10.2 Å². The molecule has 2 aliphatic rings. The van der Waals surface area contributed by atoms with Crippen LogP contribution in [0.1, 0.15) is 33.9 Å². The molecule has 1 N–H and O–H groups in total. The third-order valence-corrected chi connectivity index (χ3v) is 6.83. The van der Waals surface area contributed by atoms with Crippen LogP contribution in [0.15, 0.2) is 30.3 Å². The van der Waals surface area contributed by atoms with Gasteiger partial charge in [0.15, 0.2) is 9.84 Å². The zero-order chi connectivity index (χ0) is 19.0. The van der Waals surface area contributed by atoms with Crippen LogP contribution in [-0.2, 0) is 22.8 Å². The highest BCUT2D eigenvalue weighted by molar-refractivity contribution is 7.91. The van der Waals surface area contributed by atoms with E-state index in [2.05, 4.69) is 21.4 Å². The fraction of sp³-hybridized carbons (Fsp3) is 0.421. The molecule has 1 atom stereocenters. The summed E-state index contributed by atoms with van der Waals surface area (Å²) in [6, 6.07) is 9.61. The number of carbonyl (C=O) groups is 1. The molecule has 1 unspecified atom stereocenters. The number of nitrogens with one attached hydrogen (secondary N) is 1. The van der Waals surface area contributed by atoms with Gasteiger partial charge in [-0.1, -0.05) is 24.3 Å². The molecule has 2 aromatic rings. The molecule has 0 spiro atoms. The Morgan fingerprint density at radius 2 is 2.00 bits per heavy atom. The zero-order valence-corrected chi connectivity index (χ0v) is 16.0. The smallest absolute Gasteiger partial charge is 0.272 e. The van der Waals surface area contributed by atoms with E-state index < -0.39 is 9.84 Å². The van der Waals surface area contributed by atoms with Crippen molar-refractivity contribution in [1.82, 2.24) is 14.9 Å². The van der Waals surface area contributed by atoms with Crippen molar-refractivity contribution in [2.24, 2.45) is 0 Å². The largest absolute Gasteiger partial charge is 0.366 e. The van der Waals surface area contributed by atoms with Crippen LogP contribution in [0, 0.1) is 6.92 Å². The highest BCUT2D eigenvalue weighted by Gasteiger charge is 2.29. The molecule has 1 aromatic carbocycles. The molecule has 27 heavy (non-hydrogen) atoms. The maximum Gasteiger partial charge on any atom is 0.272 e. The third-order valence-electron chi connectivity index (χ3n) is 5.06. The lowest BCUT2D eigenvalue weighted by Crippen LogP contribution is -2.36. The van der Waals surface area contributed by atoms with Gasteiger partial charge >= 0.3 is 0 Å². The summed E-state index contributed by atoms with van der Waals surface area (Å²) in [5, 5.41) is 3.15. The van der Waals surface area contributed by atoms with E-state index in [1.165, 1.54) is 5.56 Å². The lowest BCUT2D eigenvalue weighted by atomic mass is 10.00. The minimum absolute atomic E-state index is 0.0994. The number of amides is 1. The second-order valence-electron chi connectivity index (χ2n) is 7.18. The van der Waals surface area contributed by atoms with Crippen molar-refractivity contribution >= 4 is 21.6 Å². The number of hydrogen-bond acceptors (Lipinski definition) is 6. The van der Waals surface area contributed by atoms with Crippen molar-refractivity contribution in [1.29, 1.82) is 0 Å². The molecule has 0 radical (unpaired) electrons. The molecular weight excluding hydrogens is 364 g/mol. The number of aromatic nitrogens is 2. The summed E-state index contributed by atoms with van der Waals surface area (Å²) in [6.45, 7) is 2.96. The van der Waals surface area contributed by atoms with Crippen molar-refractivity contribution in [2.75, 3.05) is 23.4 Å². The first-order chi connectivity index (χ1) is 12.9. The predicted octanol–water partition coefficient (Wildman–Crippen LogP) is 1.58. The fourth-order valence-electron chi connectivity index (χ4n) is 3.70. The molecule has 1 fully saturated rings. The van der Waals surface area contributed by atoms with Gasteiger partial charge in [-0.25, -0.2) is 18.4 Å². The number of aryl methyl sites for hydroxylation is 1. The number of hydrogen-bond donors (Lipinski definition) is 1. The van der Waals surface area contributed by atoms with E-state index in [1.54, 1.807) is 17.9 Å². The van der Waals surface area contributed by atoms with Gasteiger partial charge in [-0.15, -0.1) is 0 Å². The SMILES string of the molecule is Cc1nc(NC2CCS(=O)(=O)C2)cc(C(=O)N2CCc3ccccc3C2)n1. The Labute approximate surface area is 158 Å². The number of anilines is 1. The first kappa shape index (κ1) is 17.9. The van der Waals surface area contributed by atoms with Gasteiger partial charge in [-0.05, 0) is 30.9 Å². The molecule has 8 heteroatoms. The molecule has 0 bridgehead atoms. The maximum atomic E-state index is 13.0. The summed E-state index contributed by atoms with van der Waals surface area (Å²) in [5.74, 6) is 1.15. The Bertz CT molecular complexity index is 990. The monoisotopic (exact) mass is 386 g/mol. The number of rotatable bonds is 3. The number of sulfone groups is 1. The summed E-state index contributed by atoms with van der Waals surface area (Å²) in [6.07, 6.45) is 1.38. The van der Waals surface area contributed by atoms with Gasteiger partial charge in [0.1, 0.15) is 17.3 Å². The molecule has 1 aromatic heterocycles. The first-order valence-corrected chi connectivity index (χ1v) is 10.9. The highest BCUT2D eigenvalue weighted by atomic mass is 32.2. The Hall–Kier alpha value is -2.48. The molecule has 4 rings (SSSR count). The van der Waals surface area contributed by atoms with Crippen molar-refractivity contribution in [3.8, 4) is 0 Å². The van der Waals surface area contributed by atoms with E-state index in [9.17, 15) is 13.2 Å². The molecule has 2 aliphatic heterocycles. The molecule has 1 amide bonds. The van der Waals surface area contributed by atoms with Gasteiger partial charge in [0.2, 0.25) is 0 Å². The van der Waals surface area contributed by atoms with Gasteiger partial charge in [0.25, 0.3) is 5.91 Å². The maximum absolute atomic E-state index is 13.0.